The predicted molar refractivity (Wildman–Crippen MR) is 245 cm³/mol. The number of nitrogens with zero attached hydrogens (tertiary/aromatic N) is 3. The van der Waals surface area contributed by atoms with Gasteiger partial charge in [-0.2, -0.15) is 0 Å². The lowest BCUT2D eigenvalue weighted by molar-refractivity contribution is 1.17. The Balaban J connectivity index is 1.18. The minimum atomic E-state index is 0.951. The quantitative estimate of drug-likeness (QED) is 0.165. The van der Waals surface area contributed by atoms with Crippen molar-refractivity contribution in [1.82, 2.24) is 4.98 Å². The molecule has 3 nitrogen and oxygen atoms in total. The van der Waals surface area contributed by atoms with Crippen LogP contribution in [-0.2, 0) is 0 Å². The molecule has 0 unspecified atom stereocenters. The molecule has 0 aliphatic carbocycles. The highest BCUT2D eigenvalue weighted by Crippen LogP contribution is 2.55. The average Bonchev–Trinajstić information content (AvgIpc) is 3.29. The summed E-state index contributed by atoms with van der Waals surface area (Å²) in [6.07, 6.45) is 1.91. The predicted octanol–water partition coefficient (Wildman–Crippen LogP) is 15.7. The molecule has 272 valence electrons. The van der Waals surface area contributed by atoms with Gasteiger partial charge >= 0.3 is 0 Å². The van der Waals surface area contributed by atoms with E-state index in [1.54, 1.807) is 0 Å². The first kappa shape index (κ1) is 33.4. The zero-order valence-electron chi connectivity index (χ0n) is 31.2. The number of hydrogen-bond acceptors (Lipinski definition) is 5. The largest absolute Gasteiger partial charge is 0.308 e. The Morgan fingerprint density at radius 3 is 1.34 bits per heavy atom. The number of fused-ring (bicyclic) bond motifs is 7. The fourth-order valence-corrected chi connectivity index (χ4v) is 11.0. The van der Waals surface area contributed by atoms with Crippen LogP contribution in [0.1, 0.15) is 0 Å². The smallest absolute Gasteiger partial charge is 0.0714 e. The Hall–Kier alpha value is -6.79. The molecular weight excluding hydrogens is 743 g/mol. The van der Waals surface area contributed by atoms with Gasteiger partial charge in [-0.25, -0.2) is 0 Å². The van der Waals surface area contributed by atoms with Crippen LogP contribution in [0.25, 0.3) is 54.7 Å². The van der Waals surface area contributed by atoms with Gasteiger partial charge in [0, 0.05) is 42.7 Å². The molecule has 5 heteroatoms. The van der Waals surface area contributed by atoms with Crippen molar-refractivity contribution < 1.29 is 0 Å². The van der Waals surface area contributed by atoms with E-state index >= 15 is 0 Å². The summed E-state index contributed by atoms with van der Waals surface area (Å²) in [7, 11) is 0. The summed E-state index contributed by atoms with van der Waals surface area (Å²) in [4.78, 5) is 14.9. The first-order valence-electron chi connectivity index (χ1n) is 19.5. The number of aromatic nitrogens is 1. The monoisotopic (exact) mass is 775 g/mol. The summed E-state index contributed by atoms with van der Waals surface area (Å²) in [5, 5.41) is 7.15. The Bertz CT molecular complexity index is 3180. The Morgan fingerprint density at radius 1 is 0.345 bits per heavy atom. The highest BCUT2D eigenvalue weighted by atomic mass is 32.2. The molecule has 2 aliphatic rings. The van der Waals surface area contributed by atoms with Crippen LogP contribution in [0.15, 0.2) is 220 Å². The minimum absolute atomic E-state index is 0.951. The van der Waals surface area contributed by atoms with E-state index < -0.39 is 0 Å². The molecule has 58 heavy (non-hydrogen) atoms. The van der Waals surface area contributed by atoms with Crippen molar-refractivity contribution >= 4 is 90.0 Å². The van der Waals surface area contributed by atoms with Crippen molar-refractivity contribution in [2.75, 3.05) is 9.80 Å². The second-order valence-electron chi connectivity index (χ2n) is 14.7. The summed E-state index contributed by atoms with van der Waals surface area (Å²) in [5.74, 6) is 0. The third-order valence-corrected chi connectivity index (χ3v) is 13.7. The first-order valence-corrected chi connectivity index (χ1v) is 21.2. The maximum Gasteiger partial charge on any atom is 0.0714 e. The fraction of sp³-hybridized carbons (Fsp3) is 0. The van der Waals surface area contributed by atoms with Crippen LogP contribution in [0, 0.1) is 0 Å². The Morgan fingerprint density at radius 2 is 0.810 bits per heavy atom. The third kappa shape index (κ3) is 5.28. The first-order chi connectivity index (χ1) is 28.8. The molecule has 12 rings (SSSR count). The standard InChI is InChI=1S/C53H33N3S2/c1-2-14-35-31-36(25-24-34(35)13-1)52-39-28-26-38(56-46-18-5-9-22-50(46)58-51-23-10-6-19-47(51)56)33-42(39)53(43-15-11-12-30-54-43)40-29-27-37(32-41(40)52)55-44-16-3-7-20-48(44)57-49-21-8-4-17-45(49)55/h1-33H. The van der Waals surface area contributed by atoms with E-state index in [9.17, 15) is 0 Å². The summed E-state index contributed by atoms with van der Waals surface area (Å²) in [6.45, 7) is 0. The lowest BCUT2D eigenvalue weighted by atomic mass is 9.86. The summed E-state index contributed by atoms with van der Waals surface area (Å²) < 4.78 is 0. The van der Waals surface area contributed by atoms with Crippen molar-refractivity contribution in [3.05, 3.63) is 200 Å². The van der Waals surface area contributed by atoms with Gasteiger partial charge in [0.15, 0.2) is 0 Å². The van der Waals surface area contributed by atoms with Crippen LogP contribution in [0.3, 0.4) is 0 Å². The van der Waals surface area contributed by atoms with E-state index in [0.29, 0.717) is 0 Å². The normalized spacial score (nSPS) is 13.0. The van der Waals surface area contributed by atoms with E-state index in [0.717, 1.165) is 28.0 Å². The Labute approximate surface area is 345 Å². The third-order valence-electron chi connectivity index (χ3n) is 11.4. The molecule has 0 spiro atoms. The van der Waals surface area contributed by atoms with Gasteiger partial charge < -0.3 is 9.80 Å². The van der Waals surface area contributed by atoms with Crippen molar-refractivity contribution in [3.63, 3.8) is 0 Å². The van der Waals surface area contributed by atoms with Gasteiger partial charge in [-0.15, -0.1) is 0 Å². The molecule has 10 aromatic rings. The number of anilines is 6. The van der Waals surface area contributed by atoms with E-state index in [4.69, 9.17) is 4.98 Å². The highest BCUT2D eigenvalue weighted by molar-refractivity contribution is 8.00. The molecule has 0 bridgehead atoms. The zero-order chi connectivity index (χ0) is 38.2. The van der Waals surface area contributed by atoms with Gasteiger partial charge in [0.05, 0.1) is 28.4 Å². The van der Waals surface area contributed by atoms with E-state index in [-0.39, 0.29) is 0 Å². The summed E-state index contributed by atoms with van der Waals surface area (Å²) in [6, 6.07) is 70.9. The molecule has 1 aromatic heterocycles. The number of pyridine rings is 1. The van der Waals surface area contributed by atoms with E-state index in [1.165, 1.54) is 80.4 Å². The van der Waals surface area contributed by atoms with E-state index in [1.807, 2.05) is 35.8 Å². The second kappa shape index (κ2) is 13.4. The molecule has 0 amide bonds. The fourth-order valence-electron chi connectivity index (χ4n) is 8.89. The number of hydrogen-bond donors (Lipinski definition) is 0. The van der Waals surface area contributed by atoms with Crippen LogP contribution < -0.4 is 9.80 Å². The maximum atomic E-state index is 5.05. The van der Waals surface area contributed by atoms with Gasteiger partial charge in [0.2, 0.25) is 0 Å². The lowest BCUT2D eigenvalue weighted by Gasteiger charge is -2.33. The molecule has 0 radical (unpaired) electrons. The molecule has 0 N–H and O–H groups in total. The highest BCUT2D eigenvalue weighted by Gasteiger charge is 2.28. The molecule has 2 aliphatic heterocycles. The molecule has 0 fully saturated rings. The lowest BCUT2D eigenvalue weighted by Crippen LogP contribution is -2.15. The van der Waals surface area contributed by atoms with Gasteiger partial charge in [-0.3, -0.25) is 4.98 Å². The summed E-state index contributed by atoms with van der Waals surface area (Å²) in [5.41, 5.74) is 11.5. The van der Waals surface area contributed by atoms with Gasteiger partial charge in [-0.1, -0.05) is 127 Å². The molecule has 9 aromatic carbocycles. The van der Waals surface area contributed by atoms with Crippen molar-refractivity contribution in [3.8, 4) is 22.4 Å². The Kier molecular flexibility index (Phi) is 7.71. The topological polar surface area (TPSA) is 19.4 Å². The number of benzene rings is 9. The average molecular weight is 776 g/mol. The van der Waals surface area contributed by atoms with Crippen LogP contribution >= 0.6 is 23.5 Å². The van der Waals surface area contributed by atoms with Crippen LogP contribution in [0.4, 0.5) is 34.1 Å². The van der Waals surface area contributed by atoms with Gasteiger partial charge in [0.25, 0.3) is 0 Å². The molecule has 0 saturated carbocycles. The van der Waals surface area contributed by atoms with Crippen molar-refractivity contribution in [2.24, 2.45) is 0 Å². The number of rotatable bonds is 4. The molecule has 0 atom stereocenters. The van der Waals surface area contributed by atoms with Gasteiger partial charge in [-0.05, 0) is 134 Å². The van der Waals surface area contributed by atoms with Crippen molar-refractivity contribution in [2.45, 2.75) is 19.6 Å². The maximum absolute atomic E-state index is 5.05. The van der Waals surface area contributed by atoms with Gasteiger partial charge in [0.1, 0.15) is 0 Å². The minimum Gasteiger partial charge on any atom is -0.308 e. The van der Waals surface area contributed by atoms with E-state index in [2.05, 4.69) is 198 Å². The molecular formula is C53H33N3S2. The molecule has 3 heterocycles. The SMILES string of the molecule is c1ccc(-c2c3ccc(N4c5ccccc5Sc5ccccc54)cc3c(-c3ccc4ccccc4c3)c3ccc(N4c5ccccc5Sc5ccccc54)cc23)nc1. The second-order valence-corrected chi connectivity index (χ2v) is 16.9. The molecule has 0 saturated heterocycles. The van der Waals surface area contributed by atoms with Crippen LogP contribution in [0.5, 0.6) is 0 Å². The number of para-hydroxylation sites is 4. The van der Waals surface area contributed by atoms with Crippen LogP contribution in [0.2, 0.25) is 0 Å². The van der Waals surface area contributed by atoms with Crippen molar-refractivity contribution in [1.29, 1.82) is 0 Å². The zero-order valence-corrected chi connectivity index (χ0v) is 32.8. The summed E-state index contributed by atoms with van der Waals surface area (Å²) >= 11 is 3.67. The van der Waals surface area contributed by atoms with Crippen LogP contribution in [-0.4, -0.2) is 4.98 Å².